The van der Waals surface area contributed by atoms with Crippen molar-refractivity contribution < 1.29 is 4.74 Å². The van der Waals surface area contributed by atoms with E-state index in [9.17, 15) is 0 Å². The fraction of sp³-hybridized carbons (Fsp3) is 0.533. The van der Waals surface area contributed by atoms with Gasteiger partial charge in [0.2, 0.25) is 0 Å². The van der Waals surface area contributed by atoms with E-state index in [1.807, 2.05) is 6.07 Å². The lowest BCUT2D eigenvalue weighted by Gasteiger charge is -2.23. The van der Waals surface area contributed by atoms with E-state index < -0.39 is 0 Å². The Bertz CT molecular complexity index is 546. The van der Waals surface area contributed by atoms with E-state index in [2.05, 4.69) is 22.8 Å². The highest BCUT2D eigenvalue weighted by Gasteiger charge is 2.18. The predicted octanol–water partition coefficient (Wildman–Crippen LogP) is 3.24. The molecule has 0 spiro atoms. The molecular weight excluding hydrogens is 260 g/mol. The quantitative estimate of drug-likeness (QED) is 0.803. The Hall–Kier alpha value is -1.06. The van der Waals surface area contributed by atoms with Crippen molar-refractivity contribution in [2.24, 2.45) is 5.92 Å². The van der Waals surface area contributed by atoms with Crippen LogP contribution in [0.2, 0.25) is 0 Å². The zero-order chi connectivity index (χ0) is 13.1. The number of hydrogen-bond donors (Lipinski definition) is 0. The van der Waals surface area contributed by atoms with Crippen LogP contribution in [-0.2, 0) is 17.7 Å². The maximum Gasteiger partial charge on any atom is 0.111 e. The first kappa shape index (κ1) is 12.9. The third-order valence-electron chi connectivity index (χ3n) is 3.83. The fourth-order valence-corrected chi connectivity index (χ4v) is 2.96. The third kappa shape index (κ3) is 2.77. The van der Waals surface area contributed by atoms with E-state index in [-0.39, 0.29) is 0 Å². The van der Waals surface area contributed by atoms with Crippen molar-refractivity contribution in [1.82, 2.24) is 9.55 Å². The van der Waals surface area contributed by atoms with E-state index in [0.717, 1.165) is 50.4 Å². The number of aromatic nitrogens is 2. The molecule has 1 aliphatic rings. The minimum atomic E-state index is 0.622. The molecule has 102 valence electrons. The van der Waals surface area contributed by atoms with Gasteiger partial charge in [-0.2, -0.15) is 0 Å². The molecule has 0 bridgehead atoms. The summed E-state index contributed by atoms with van der Waals surface area (Å²) in [5, 5.41) is 0. The molecule has 0 atom stereocenters. The van der Waals surface area contributed by atoms with Gasteiger partial charge in [-0.05, 0) is 30.9 Å². The summed E-state index contributed by atoms with van der Waals surface area (Å²) in [6.07, 6.45) is 3.12. The van der Waals surface area contributed by atoms with Gasteiger partial charge in [-0.1, -0.05) is 12.1 Å². The number of halogens is 1. The first-order valence-electron chi connectivity index (χ1n) is 6.96. The Balaban J connectivity index is 1.92. The summed E-state index contributed by atoms with van der Waals surface area (Å²) < 4.78 is 7.79. The largest absolute Gasteiger partial charge is 0.381 e. The number of hydrogen-bond acceptors (Lipinski definition) is 2. The van der Waals surface area contributed by atoms with Crippen molar-refractivity contribution in [2.45, 2.75) is 25.8 Å². The summed E-state index contributed by atoms with van der Waals surface area (Å²) in [4.78, 5) is 4.72. The van der Waals surface area contributed by atoms with Gasteiger partial charge in [0.15, 0.2) is 0 Å². The molecule has 2 heterocycles. The Morgan fingerprint density at radius 2 is 2.05 bits per heavy atom. The van der Waals surface area contributed by atoms with Crippen LogP contribution in [0, 0.1) is 5.92 Å². The Kier molecular flexibility index (Phi) is 4.04. The Morgan fingerprint density at radius 3 is 2.84 bits per heavy atom. The number of imidazole rings is 1. The number of benzene rings is 1. The number of alkyl halides is 1. The fourth-order valence-electron chi connectivity index (χ4n) is 2.79. The molecule has 0 radical (unpaired) electrons. The maximum atomic E-state index is 5.91. The molecule has 0 amide bonds. The molecular formula is C15H19ClN2O. The highest BCUT2D eigenvalue weighted by atomic mass is 35.5. The zero-order valence-corrected chi connectivity index (χ0v) is 11.8. The van der Waals surface area contributed by atoms with Crippen molar-refractivity contribution in [1.29, 1.82) is 0 Å². The second kappa shape index (κ2) is 5.93. The van der Waals surface area contributed by atoms with E-state index >= 15 is 0 Å². The van der Waals surface area contributed by atoms with Crippen molar-refractivity contribution in [2.75, 3.05) is 19.1 Å². The number of fused-ring (bicyclic) bond motifs is 1. The normalized spacial score (nSPS) is 17.1. The van der Waals surface area contributed by atoms with Gasteiger partial charge < -0.3 is 9.30 Å². The van der Waals surface area contributed by atoms with Crippen LogP contribution in [0.5, 0.6) is 0 Å². The van der Waals surface area contributed by atoms with E-state index in [1.165, 1.54) is 5.52 Å². The van der Waals surface area contributed by atoms with E-state index in [4.69, 9.17) is 21.3 Å². The molecule has 1 saturated heterocycles. The number of nitrogens with zero attached hydrogens (tertiary/aromatic N) is 2. The van der Waals surface area contributed by atoms with Crippen LogP contribution in [0.15, 0.2) is 24.3 Å². The van der Waals surface area contributed by atoms with Gasteiger partial charge in [-0.3, -0.25) is 0 Å². The van der Waals surface area contributed by atoms with Crippen LogP contribution in [0.25, 0.3) is 11.0 Å². The smallest absolute Gasteiger partial charge is 0.111 e. The highest BCUT2D eigenvalue weighted by Crippen LogP contribution is 2.22. The van der Waals surface area contributed by atoms with Gasteiger partial charge in [-0.15, -0.1) is 11.6 Å². The molecule has 19 heavy (non-hydrogen) atoms. The van der Waals surface area contributed by atoms with E-state index in [1.54, 1.807) is 0 Å². The topological polar surface area (TPSA) is 27.1 Å². The average molecular weight is 279 g/mol. The molecule has 0 unspecified atom stereocenters. The minimum absolute atomic E-state index is 0.622. The molecule has 3 nitrogen and oxygen atoms in total. The molecule has 1 aliphatic heterocycles. The number of aryl methyl sites for hydroxylation is 1. The molecule has 0 saturated carbocycles. The van der Waals surface area contributed by atoms with Crippen LogP contribution in [0.4, 0.5) is 0 Å². The van der Waals surface area contributed by atoms with Gasteiger partial charge in [0.1, 0.15) is 5.82 Å². The van der Waals surface area contributed by atoms with E-state index in [0.29, 0.717) is 11.8 Å². The summed E-state index contributed by atoms with van der Waals surface area (Å²) in [6, 6.07) is 8.35. The molecule has 1 aromatic heterocycles. The monoisotopic (exact) mass is 278 g/mol. The SMILES string of the molecule is ClCCc1nc2ccccc2n1CC1CCOCC1. The first-order chi connectivity index (χ1) is 9.38. The molecule has 0 N–H and O–H groups in total. The molecule has 2 aromatic rings. The van der Waals surface area contributed by atoms with Crippen LogP contribution in [-0.4, -0.2) is 28.6 Å². The molecule has 0 aliphatic carbocycles. The third-order valence-corrected chi connectivity index (χ3v) is 4.02. The van der Waals surface area contributed by atoms with Gasteiger partial charge in [-0.25, -0.2) is 4.98 Å². The number of para-hydroxylation sites is 2. The summed E-state index contributed by atoms with van der Waals surface area (Å²) in [5.41, 5.74) is 2.31. The summed E-state index contributed by atoms with van der Waals surface area (Å²) in [6.45, 7) is 2.82. The van der Waals surface area contributed by atoms with Crippen LogP contribution in [0.3, 0.4) is 0 Å². The summed E-state index contributed by atoms with van der Waals surface area (Å²) in [5.74, 6) is 2.43. The lowest BCUT2D eigenvalue weighted by molar-refractivity contribution is 0.0613. The van der Waals surface area contributed by atoms with Crippen LogP contribution >= 0.6 is 11.6 Å². The first-order valence-corrected chi connectivity index (χ1v) is 7.50. The lowest BCUT2D eigenvalue weighted by atomic mass is 10.0. The second-order valence-electron chi connectivity index (χ2n) is 5.12. The van der Waals surface area contributed by atoms with Crippen molar-refractivity contribution >= 4 is 22.6 Å². The van der Waals surface area contributed by atoms with Gasteiger partial charge in [0.05, 0.1) is 11.0 Å². The van der Waals surface area contributed by atoms with Crippen LogP contribution in [0.1, 0.15) is 18.7 Å². The standard InChI is InChI=1S/C15H19ClN2O/c16-8-5-15-17-13-3-1-2-4-14(13)18(15)11-12-6-9-19-10-7-12/h1-4,12H,5-11H2. The maximum absolute atomic E-state index is 5.91. The van der Waals surface area contributed by atoms with Gasteiger partial charge in [0, 0.05) is 32.1 Å². The zero-order valence-electron chi connectivity index (χ0n) is 11.0. The van der Waals surface area contributed by atoms with Crippen molar-refractivity contribution in [3.05, 3.63) is 30.1 Å². The molecule has 1 aromatic carbocycles. The van der Waals surface area contributed by atoms with Crippen molar-refractivity contribution in [3.63, 3.8) is 0 Å². The van der Waals surface area contributed by atoms with Gasteiger partial charge in [0.25, 0.3) is 0 Å². The number of ether oxygens (including phenoxy) is 1. The summed E-state index contributed by atoms with van der Waals surface area (Å²) >= 11 is 5.91. The molecule has 1 fully saturated rings. The minimum Gasteiger partial charge on any atom is -0.381 e. The van der Waals surface area contributed by atoms with Gasteiger partial charge >= 0.3 is 0 Å². The average Bonchev–Trinajstić information content (AvgIpc) is 2.79. The molecule has 3 rings (SSSR count). The predicted molar refractivity (Wildman–Crippen MR) is 77.7 cm³/mol. The van der Waals surface area contributed by atoms with Crippen molar-refractivity contribution in [3.8, 4) is 0 Å². The number of rotatable bonds is 4. The lowest BCUT2D eigenvalue weighted by Crippen LogP contribution is -2.21. The second-order valence-corrected chi connectivity index (χ2v) is 5.50. The summed E-state index contributed by atoms with van der Waals surface area (Å²) in [7, 11) is 0. The Morgan fingerprint density at radius 1 is 1.26 bits per heavy atom. The van der Waals surface area contributed by atoms with Crippen LogP contribution < -0.4 is 0 Å². The molecule has 4 heteroatoms. The Labute approximate surface area is 118 Å². The highest BCUT2D eigenvalue weighted by molar-refractivity contribution is 6.17.